The Balaban J connectivity index is 0. The number of rotatable bonds is 0. The Kier molecular flexibility index (Phi) is 160. The summed E-state index contributed by atoms with van der Waals surface area (Å²) in [7, 11) is 0. The molecule has 0 aromatic carbocycles. The molecule has 5 heteroatoms. The van der Waals surface area contributed by atoms with E-state index in [0.717, 1.165) is 0 Å². The van der Waals surface area contributed by atoms with Crippen LogP contribution in [0.15, 0.2) is 0 Å². The molecule has 0 unspecified atom stereocenters. The van der Waals surface area contributed by atoms with E-state index < -0.39 is 0 Å². The largest absolute Gasteiger partial charge is 2.00 e. The minimum absolute atomic E-state index is 0. The van der Waals surface area contributed by atoms with Gasteiger partial charge in [0.15, 0.2) is 0 Å². The van der Waals surface area contributed by atoms with Crippen LogP contribution in [0.3, 0.4) is 0 Å². The SMILES string of the molecule is O.[Ca+2].[Ca+2].[Ca+2].[H-].[H-].[H-].[H-].[H-].[H-].[H-].[H-].[Mg+2]. The van der Waals surface area contributed by atoms with E-state index >= 15 is 0 Å². The van der Waals surface area contributed by atoms with Crippen molar-refractivity contribution in [3.63, 3.8) is 0 Å². The fourth-order valence-electron chi connectivity index (χ4n) is 0. The van der Waals surface area contributed by atoms with Crippen LogP contribution in [0.25, 0.3) is 0 Å². The van der Waals surface area contributed by atoms with Gasteiger partial charge >= 0.3 is 136 Å². The summed E-state index contributed by atoms with van der Waals surface area (Å²) in [6.45, 7) is 0. The zero-order valence-electron chi connectivity index (χ0n) is 11.3. The van der Waals surface area contributed by atoms with Crippen LogP contribution < -0.4 is 0 Å². The third-order valence-electron chi connectivity index (χ3n) is 0. The molecule has 0 aliphatic carbocycles. The smallest absolute Gasteiger partial charge is 1.00 e. The first-order valence-corrected chi connectivity index (χ1v) is 0. The summed E-state index contributed by atoms with van der Waals surface area (Å²) in [5.41, 5.74) is 0. The van der Waals surface area contributed by atoms with E-state index in [-0.39, 0.29) is 153 Å². The van der Waals surface area contributed by atoms with Crippen molar-refractivity contribution < 1.29 is 16.9 Å². The third-order valence-corrected chi connectivity index (χ3v) is 0. The maximum Gasteiger partial charge on any atom is 2.00 e. The molecule has 0 aliphatic heterocycles. The molecule has 0 radical (unpaired) electrons. The first kappa shape index (κ1) is 33.9. The van der Waals surface area contributed by atoms with Crippen LogP contribution in [0.2, 0.25) is 0 Å². The Morgan fingerprint density at radius 2 is 0.800 bits per heavy atom. The van der Waals surface area contributed by atoms with Gasteiger partial charge in [-0.15, -0.1) is 0 Å². The zero-order chi connectivity index (χ0) is 0. The number of hydrogen-bond acceptors (Lipinski definition) is 0. The van der Waals surface area contributed by atoms with Crippen molar-refractivity contribution in [2.24, 2.45) is 0 Å². The Hall–Kier alpha value is 4.51. The van der Waals surface area contributed by atoms with Gasteiger partial charge in [-0.1, -0.05) is 0 Å². The molecule has 24 valence electrons. The molecular formula is H10Ca3MgO. The van der Waals surface area contributed by atoms with Crippen LogP contribution >= 0.6 is 0 Å². The van der Waals surface area contributed by atoms with E-state index in [0.29, 0.717) is 0 Å². The van der Waals surface area contributed by atoms with Gasteiger partial charge in [-0.05, 0) is 0 Å². The normalized spacial score (nSPS) is 0. The van der Waals surface area contributed by atoms with Crippen LogP contribution in [0, 0.1) is 0 Å². The Morgan fingerprint density at radius 3 is 0.800 bits per heavy atom. The summed E-state index contributed by atoms with van der Waals surface area (Å²) in [6.07, 6.45) is 0. The molecule has 0 aliphatic rings. The Bertz CT molecular complexity index is 19.4. The fourth-order valence-corrected chi connectivity index (χ4v) is 0. The van der Waals surface area contributed by atoms with Gasteiger partial charge < -0.3 is 16.9 Å². The summed E-state index contributed by atoms with van der Waals surface area (Å²) in [4.78, 5) is 0. The molecule has 0 bridgehead atoms. The van der Waals surface area contributed by atoms with Crippen molar-refractivity contribution in [1.29, 1.82) is 0 Å². The molecule has 0 aromatic heterocycles. The topological polar surface area (TPSA) is 31.5 Å². The molecule has 0 rings (SSSR count). The van der Waals surface area contributed by atoms with E-state index in [4.69, 9.17) is 0 Å². The van der Waals surface area contributed by atoms with E-state index in [9.17, 15) is 0 Å². The van der Waals surface area contributed by atoms with E-state index in [1.54, 1.807) is 0 Å². The molecule has 0 aromatic rings. The average molecular weight is 171 g/mol. The second kappa shape index (κ2) is 23.6. The first-order chi connectivity index (χ1) is 0. The molecule has 0 heterocycles. The van der Waals surface area contributed by atoms with Crippen molar-refractivity contribution >= 4 is 136 Å². The van der Waals surface area contributed by atoms with E-state index in [1.807, 2.05) is 0 Å². The predicted octanol–water partition coefficient (Wildman–Crippen LogP) is -1.45. The van der Waals surface area contributed by atoms with E-state index in [2.05, 4.69) is 0 Å². The predicted molar refractivity (Wildman–Crippen MR) is 35.5 cm³/mol. The van der Waals surface area contributed by atoms with Gasteiger partial charge in [0, 0.05) is 0 Å². The maximum atomic E-state index is 0. The van der Waals surface area contributed by atoms with Gasteiger partial charge in [-0.2, -0.15) is 0 Å². The molecule has 5 heavy (non-hydrogen) atoms. The molecule has 0 atom stereocenters. The molecule has 0 spiro atoms. The van der Waals surface area contributed by atoms with Crippen molar-refractivity contribution in [1.82, 2.24) is 0 Å². The van der Waals surface area contributed by atoms with Crippen LogP contribution in [0.4, 0.5) is 0 Å². The quantitative estimate of drug-likeness (QED) is 0.399. The monoisotopic (exact) mass is 170 g/mol. The van der Waals surface area contributed by atoms with Crippen molar-refractivity contribution in [3.05, 3.63) is 0 Å². The fraction of sp³-hybridized carbons (Fsp3) is 0. The van der Waals surface area contributed by atoms with Gasteiger partial charge in [0.2, 0.25) is 0 Å². The van der Waals surface area contributed by atoms with Crippen molar-refractivity contribution in [2.45, 2.75) is 0 Å². The van der Waals surface area contributed by atoms with Crippen LogP contribution in [-0.4, -0.2) is 142 Å². The van der Waals surface area contributed by atoms with Gasteiger partial charge in [0.25, 0.3) is 0 Å². The molecule has 0 saturated carbocycles. The Labute approximate surface area is 149 Å². The second-order valence-electron chi connectivity index (χ2n) is 0. The summed E-state index contributed by atoms with van der Waals surface area (Å²) >= 11 is 0. The van der Waals surface area contributed by atoms with Crippen LogP contribution in [0.1, 0.15) is 11.4 Å². The minimum Gasteiger partial charge on any atom is -1.00 e. The standard InChI is InChI=1S/3Ca.Mg.H2O.8H/h;;;;1H2;;;;;;;;/q4*+2;;8*-1. The molecule has 0 saturated heterocycles. The molecular weight excluding hydrogens is 161 g/mol. The molecule has 0 amide bonds. The second-order valence-corrected chi connectivity index (χ2v) is 0. The van der Waals surface area contributed by atoms with Gasteiger partial charge in [-0.3, -0.25) is 0 Å². The average Bonchev–Trinajstić information content (AvgIpc) is 0. The van der Waals surface area contributed by atoms with Crippen molar-refractivity contribution in [3.8, 4) is 0 Å². The van der Waals surface area contributed by atoms with Crippen molar-refractivity contribution in [2.75, 3.05) is 0 Å². The maximum absolute atomic E-state index is 0. The number of hydrogen-bond donors (Lipinski definition) is 0. The van der Waals surface area contributed by atoms with Gasteiger partial charge in [-0.25, -0.2) is 0 Å². The summed E-state index contributed by atoms with van der Waals surface area (Å²) in [6, 6.07) is 0. The van der Waals surface area contributed by atoms with Crippen LogP contribution in [-0.2, 0) is 0 Å². The molecule has 1 nitrogen and oxygen atoms in total. The van der Waals surface area contributed by atoms with Crippen LogP contribution in [0.5, 0.6) is 0 Å². The summed E-state index contributed by atoms with van der Waals surface area (Å²) in [5, 5.41) is 0. The first-order valence-electron chi connectivity index (χ1n) is 0. The third kappa shape index (κ3) is 17.7. The Morgan fingerprint density at radius 1 is 0.800 bits per heavy atom. The summed E-state index contributed by atoms with van der Waals surface area (Å²) < 4.78 is 0. The molecule has 0 fully saturated rings. The van der Waals surface area contributed by atoms with Gasteiger partial charge in [0.05, 0.1) is 0 Å². The molecule has 2 N–H and O–H groups in total. The minimum atomic E-state index is 0. The summed E-state index contributed by atoms with van der Waals surface area (Å²) in [5.74, 6) is 0. The van der Waals surface area contributed by atoms with E-state index in [1.165, 1.54) is 0 Å². The van der Waals surface area contributed by atoms with Gasteiger partial charge in [0.1, 0.15) is 0 Å². The zero-order valence-corrected chi connectivity index (χ0v) is 11.4.